The maximum absolute atomic E-state index is 12.7. The average Bonchev–Trinajstić information content (AvgIpc) is 2.70. The summed E-state index contributed by atoms with van der Waals surface area (Å²) >= 11 is 0. The molecule has 0 atom stereocenters. The quantitative estimate of drug-likeness (QED) is 0.869. The van der Waals surface area contributed by atoms with Gasteiger partial charge in [-0.2, -0.15) is 0 Å². The molecule has 2 aromatic rings. The number of fused-ring (bicyclic) bond motifs is 1. The smallest absolute Gasteiger partial charge is 0.242 e. The van der Waals surface area contributed by atoms with E-state index in [9.17, 15) is 4.79 Å². The number of hydrogen-bond acceptors (Lipinski definition) is 2. The van der Waals surface area contributed by atoms with Gasteiger partial charge in [0.1, 0.15) is 12.4 Å². The van der Waals surface area contributed by atoms with Crippen LogP contribution in [0.15, 0.2) is 24.3 Å². The van der Waals surface area contributed by atoms with Crippen molar-refractivity contribution in [1.29, 1.82) is 0 Å². The van der Waals surface area contributed by atoms with Crippen LogP contribution < -0.4 is 0 Å². The Kier molecular flexibility index (Phi) is 4.46. The molecule has 1 aliphatic heterocycles. The number of carbonyl (C=O) groups is 1. The molecule has 0 spiro atoms. The summed E-state index contributed by atoms with van der Waals surface area (Å²) in [5.74, 6) is 1.54. The normalized spacial score (nSPS) is 16.2. The van der Waals surface area contributed by atoms with Crippen molar-refractivity contribution in [2.45, 2.75) is 52.0 Å². The Morgan fingerprint density at radius 2 is 1.82 bits per heavy atom. The summed E-state index contributed by atoms with van der Waals surface area (Å²) in [4.78, 5) is 19.5. The number of nitrogens with zero attached hydrogens (tertiary/aromatic N) is 3. The fourth-order valence-corrected chi connectivity index (χ4v) is 3.26. The zero-order chi connectivity index (χ0) is 15.5. The lowest BCUT2D eigenvalue weighted by molar-refractivity contribution is -0.131. The van der Waals surface area contributed by atoms with E-state index < -0.39 is 0 Å². The van der Waals surface area contributed by atoms with E-state index >= 15 is 0 Å². The van der Waals surface area contributed by atoms with Gasteiger partial charge in [-0.05, 0) is 25.0 Å². The Bertz CT molecular complexity index is 651. The zero-order valence-electron chi connectivity index (χ0n) is 13.6. The highest BCUT2D eigenvalue weighted by molar-refractivity contribution is 5.81. The number of para-hydroxylation sites is 2. The van der Waals surface area contributed by atoms with Gasteiger partial charge in [-0.3, -0.25) is 4.79 Å². The highest BCUT2D eigenvalue weighted by Gasteiger charge is 2.20. The summed E-state index contributed by atoms with van der Waals surface area (Å²) in [6.45, 7) is 6.49. The lowest BCUT2D eigenvalue weighted by Gasteiger charge is -2.21. The van der Waals surface area contributed by atoms with Crippen LogP contribution in [0.3, 0.4) is 0 Å². The number of benzene rings is 1. The molecule has 1 amide bonds. The SMILES string of the molecule is CC(C)c1nc2ccccc2n1CC(=O)N1CCCCCC1. The van der Waals surface area contributed by atoms with Crippen molar-refractivity contribution in [1.82, 2.24) is 14.5 Å². The fraction of sp³-hybridized carbons (Fsp3) is 0.556. The molecule has 0 radical (unpaired) electrons. The molecule has 0 saturated carbocycles. The van der Waals surface area contributed by atoms with Gasteiger partial charge in [-0.1, -0.05) is 38.8 Å². The van der Waals surface area contributed by atoms with Crippen LogP contribution in [0.2, 0.25) is 0 Å². The first-order valence-electron chi connectivity index (χ1n) is 8.40. The second kappa shape index (κ2) is 6.51. The molecule has 118 valence electrons. The van der Waals surface area contributed by atoms with Crippen LogP contribution in [0.25, 0.3) is 11.0 Å². The molecule has 4 heteroatoms. The summed E-state index contributed by atoms with van der Waals surface area (Å²) in [5.41, 5.74) is 2.05. The van der Waals surface area contributed by atoms with E-state index in [2.05, 4.69) is 24.5 Å². The largest absolute Gasteiger partial charge is 0.341 e. The predicted molar refractivity (Wildman–Crippen MR) is 88.9 cm³/mol. The molecule has 0 bridgehead atoms. The summed E-state index contributed by atoms with van der Waals surface area (Å²) in [7, 11) is 0. The first-order valence-corrected chi connectivity index (χ1v) is 8.40. The first-order chi connectivity index (χ1) is 10.7. The predicted octanol–water partition coefficient (Wildman–Crippen LogP) is 3.56. The van der Waals surface area contributed by atoms with E-state index in [-0.39, 0.29) is 5.91 Å². The van der Waals surface area contributed by atoms with Crippen LogP contribution in [-0.2, 0) is 11.3 Å². The monoisotopic (exact) mass is 299 g/mol. The fourth-order valence-electron chi connectivity index (χ4n) is 3.26. The van der Waals surface area contributed by atoms with Crippen molar-refractivity contribution >= 4 is 16.9 Å². The van der Waals surface area contributed by atoms with Gasteiger partial charge < -0.3 is 9.47 Å². The van der Waals surface area contributed by atoms with Crippen molar-refractivity contribution in [2.75, 3.05) is 13.1 Å². The second-order valence-corrected chi connectivity index (χ2v) is 6.49. The van der Waals surface area contributed by atoms with Gasteiger partial charge in [0, 0.05) is 19.0 Å². The molecule has 1 aromatic carbocycles. The Balaban J connectivity index is 1.88. The highest BCUT2D eigenvalue weighted by atomic mass is 16.2. The van der Waals surface area contributed by atoms with Gasteiger partial charge in [0.25, 0.3) is 0 Å². The molecular weight excluding hydrogens is 274 g/mol. The van der Waals surface area contributed by atoms with E-state index in [4.69, 9.17) is 4.98 Å². The van der Waals surface area contributed by atoms with E-state index in [1.807, 2.05) is 23.1 Å². The van der Waals surface area contributed by atoms with Crippen molar-refractivity contribution in [2.24, 2.45) is 0 Å². The molecule has 4 nitrogen and oxygen atoms in total. The topological polar surface area (TPSA) is 38.1 Å². The molecule has 0 N–H and O–H groups in total. The lowest BCUT2D eigenvalue weighted by atomic mass is 10.2. The molecule has 0 aliphatic carbocycles. The molecule has 1 aliphatic rings. The lowest BCUT2D eigenvalue weighted by Crippen LogP contribution is -2.35. The first kappa shape index (κ1) is 15.1. The third kappa shape index (κ3) is 3.01. The molecule has 3 rings (SSSR count). The molecule has 2 heterocycles. The number of hydrogen-bond donors (Lipinski definition) is 0. The molecule has 0 unspecified atom stereocenters. The standard InChI is InChI=1S/C18H25N3O/c1-14(2)18-19-15-9-5-6-10-16(15)21(18)13-17(22)20-11-7-3-4-8-12-20/h5-6,9-10,14H,3-4,7-8,11-13H2,1-2H3. The Morgan fingerprint density at radius 3 is 2.50 bits per heavy atom. The molecule has 1 aromatic heterocycles. The summed E-state index contributed by atoms with van der Waals surface area (Å²) < 4.78 is 2.10. The third-order valence-corrected chi connectivity index (χ3v) is 4.45. The minimum atomic E-state index is 0.229. The van der Waals surface area contributed by atoms with Crippen molar-refractivity contribution in [3.05, 3.63) is 30.1 Å². The van der Waals surface area contributed by atoms with Crippen LogP contribution >= 0.6 is 0 Å². The van der Waals surface area contributed by atoms with Crippen LogP contribution in [0.1, 0.15) is 51.3 Å². The van der Waals surface area contributed by atoms with Gasteiger partial charge in [-0.15, -0.1) is 0 Å². The highest BCUT2D eigenvalue weighted by Crippen LogP contribution is 2.22. The van der Waals surface area contributed by atoms with Crippen molar-refractivity contribution in [3.8, 4) is 0 Å². The Labute approximate surface area is 132 Å². The zero-order valence-corrected chi connectivity index (χ0v) is 13.6. The van der Waals surface area contributed by atoms with Crippen LogP contribution in [0, 0.1) is 0 Å². The number of rotatable bonds is 3. The molecular formula is C18H25N3O. The maximum atomic E-state index is 12.7. The Hall–Kier alpha value is -1.84. The van der Waals surface area contributed by atoms with Crippen LogP contribution in [0.4, 0.5) is 0 Å². The number of likely N-dealkylation sites (tertiary alicyclic amines) is 1. The van der Waals surface area contributed by atoms with Crippen LogP contribution in [0.5, 0.6) is 0 Å². The molecule has 22 heavy (non-hydrogen) atoms. The van der Waals surface area contributed by atoms with E-state index in [0.29, 0.717) is 12.5 Å². The Morgan fingerprint density at radius 1 is 1.14 bits per heavy atom. The van der Waals surface area contributed by atoms with Crippen molar-refractivity contribution < 1.29 is 4.79 Å². The van der Waals surface area contributed by atoms with Crippen molar-refractivity contribution in [3.63, 3.8) is 0 Å². The molecule has 1 fully saturated rings. The van der Waals surface area contributed by atoms with Crippen LogP contribution in [-0.4, -0.2) is 33.4 Å². The van der Waals surface area contributed by atoms with Gasteiger partial charge in [0.15, 0.2) is 0 Å². The molecule has 1 saturated heterocycles. The summed E-state index contributed by atoms with van der Waals surface area (Å²) in [6, 6.07) is 8.10. The van der Waals surface area contributed by atoms with Gasteiger partial charge in [0.2, 0.25) is 5.91 Å². The maximum Gasteiger partial charge on any atom is 0.242 e. The van der Waals surface area contributed by atoms with E-state index in [0.717, 1.165) is 42.8 Å². The van der Waals surface area contributed by atoms with Gasteiger partial charge in [-0.25, -0.2) is 4.98 Å². The van der Waals surface area contributed by atoms with Gasteiger partial charge >= 0.3 is 0 Å². The second-order valence-electron chi connectivity index (χ2n) is 6.49. The summed E-state index contributed by atoms with van der Waals surface area (Å²) in [6.07, 6.45) is 4.75. The number of imidazole rings is 1. The minimum absolute atomic E-state index is 0.229. The van der Waals surface area contributed by atoms with E-state index in [1.165, 1.54) is 12.8 Å². The van der Waals surface area contributed by atoms with E-state index in [1.54, 1.807) is 0 Å². The average molecular weight is 299 g/mol. The summed E-state index contributed by atoms with van der Waals surface area (Å²) in [5, 5.41) is 0. The third-order valence-electron chi connectivity index (χ3n) is 4.45. The number of amides is 1. The minimum Gasteiger partial charge on any atom is -0.341 e. The van der Waals surface area contributed by atoms with Gasteiger partial charge in [0.05, 0.1) is 11.0 Å². The number of aromatic nitrogens is 2. The number of carbonyl (C=O) groups excluding carboxylic acids is 1.